The maximum absolute atomic E-state index is 12.7. The summed E-state index contributed by atoms with van der Waals surface area (Å²) in [4.78, 5) is 32.6. The number of thioether (sulfide) groups is 1. The highest BCUT2D eigenvalue weighted by molar-refractivity contribution is 7.98. The molecule has 3 aromatic rings. The van der Waals surface area contributed by atoms with Gasteiger partial charge in [-0.3, -0.25) is 9.59 Å². The van der Waals surface area contributed by atoms with Crippen LogP contribution in [0.15, 0.2) is 40.0 Å². The van der Waals surface area contributed by atoms with Crippen molar-refractivity contribution < 1.29 is 4.79 Å². The second-order valence-corrected chi connectivity index (χ2v) is 8.77. The molecule has 1 saturated heterocycles. The highest BCUT2D eigenvalue weighted by Crippen LogP contribution is 2.25. The van der Waals surface area contributed by atoms with E-state index in [0.29, 0.717) is 11.5 Å². The van der Waals surface area contributed by atoms with Crippen molar-refractivity contribution in [1.82, 2.24) is 19.9 Å². The van der Waals surface area contributed by atoms with Gasteiger partial charge in [0.25, 0.3) is 11.5 Å². The average molecular weight is 430 g/mol. The zero-order valence-electron chi connectivity index (χ0n) is 16.3. The number of anilines is 1. The molecule has 29 heavy (non-hydrogen) atoms. The maximum Gasteiger partial charge on any atom is 0.274 e. The molecule has 9 heteroatoms. The number of benzene rings is 1. The number of hydrogen-bond acceptors (Lipinski definition) is 7. The number of amides is 1. The second kappa shape index (κ2) is 8.96. The van der Waals surface area contributed by atoms with E-state index in [1.165, 1.54) is 33.2 Å². The first kappa shape index (κ1) is 19.9. The topological polar surface area (TPSA) is 79.6 Å². The zero-order valence-corrected chi connectivity index (χ0v) is 17.9. The van der Waals surface area contributed by atoms with Gasteiger partial charge in [-0.05, 0) is 49.6 Å². The number of carbonyl (C=O) groups is 1. The van der Waals surface area contributed by atoms with E-state index in [-0.39, 0.29) is 11.6 Å². The highest BCUT2D eigenvalue weighted by atomic mass is 32.2. The average Bonchev–Trinajstić information content (AvgIpc) is 3.18. The summed E-state index contributed by atoms with van der Waals surface area (Å²) < 4.78 is 1.50. The number of hydrogen-bond donors (Lipinski definition) is 1. The number of fused-ring (bicyclic) bond motifs is 1. The van der Waals surface area contributed by atoms with E-state index in [0.717, 1.165) is 43.0 Å². The third kappa shape index (κ3) is 4.62. The predicted molar refractivity (Wildman–Crippen MR) is 117 cm³/mol. The molecule has 7 nitrogen and oxygen atoms in total. The third-order valence-corrected chi connectivity index (χ3v) is 6.67. The van der Waals surface area contributed by atoms with Crippen LogP contribution in [0.3, 0.4) is 0 Å². The molecule has 1 amide bonds. The van der Waals surface area contributed by atoms with E-state index in [2.05, 4.69) is 44.6 Å². The first-order chi connectivity index (χ1) is 14.1. The number of rotatable bonds is 6. The Balaban J connectivity index is 1.48. The quantitative estimate of drug-likeness (QED) is 0.607. The summed E-state index contributed by atoms with van der Waals surface area (Å²) in [5.74, 6) is -0.310. The number of aromatic nitrogens is 3. The van der Waals surface area contributed by atoms with Crippen LogP contribution >= 0.6 is 23.1 Å². The standard InChI is InChI=1S/C20H23N5O2S2/c1-28-15-7-5-14(6-8-15)9-10-21-18(27)16-13-17(26)22-19-25(16)23-20(29-19)24-11-3-2-4-12-24/h5-8,13H,2-4,9-12H2,1H3,(H,21,27). The van der Waals surface area contributed by atoms with Crippen molar-refractivity contribution >= 4 is 39.1 Å². The SMILES string of the molecule is CSc1ccc(CCNC(=O)c2cc(=O)nc3sc(N4CCCCC4)nn23)cc1. The molecule has 1 aliphatic heterocycles. The van der Waals surface area contributed by atoms with Crippen molar-refractivity contribution in [2.24, 2.45) is 0 Å². The Kier molecular flexibility index (Phi) is 6.15. The van der Waals surface area contributed by atoms with Crippen LogP contribution in [-0.4, -0.2) is 46.4 Å². The van der Waals surface area contributed by atoms with Gasteiger partial charge in [-0.25, -0.2) is 0 Å². The van der Waals surface area contributed by atoms with Crippen LogP contribution in [0.2, 0.25) is 0 Å². The minimum absolute atomic E-state index is 0.234. The fourth-order valence-electron chi connectivity index (χ4n) is 3.38. The van der Waals surface area contributed by atoms with Gasteiger partial charge in [-0.1, -0.05) is 23.5 Å². The van der Waals surface area contributed by atoms with Gasteiger partial charge >= 0.3 is 0 Å². The van der Waals surface area contributed by atoms with Gasteiger partial charge in [0.15, 0.2) is 0 Å². The molecule has 0 spiro atoms. The lowest BCUT2D eigenvalue weighted by Crippen LogP contribution is -2.30. The zero-order chi connectivity index (χ0) is 20.2. The van der Waals surface area contributed by atoms with Crippen molar-refractivity contribution in [2.75, 3.05) is 30.8 Å². The summed E-state index contributed by atoms with van der Waals surface area (Å²) in [5, 5.41) is 8.29. The molecular weight excluding hydrogens is 406 g/mol. The lowest BCUT2D eigenvalue weighted by molar-refractivity contribution is 0.0946. The van der Waals surface area contributed by atoms with E-state index in [4.69, 9.17) is 0 Å². The van der Waals surface area contributed by atoms with Gasteiger partial charge in [0.2, 0.25) is 10.1 Å². The van der Waals surface area contributed by atoms with Crippen LogP contribution in [0, 0.1) is 0 Å². The Bertz CT molecular complexity index is 1050. The van der Waals surface area contributed by atoms with Gasteiger partial charge in [0.05, 0.1) is 0 Å². The number of nitrogens with zero attached hydrogens (tertiary/aromatic N) is 4. The Hall–Kier alpha value is -2.39. The smallest absolute Gasteiger partial charge is 0.274 e. The minimum atomic E-state index is -0.420. The minimum Gasteiger partial charge on any atom is -0.350 e. The Morgan fingerprint density at radius 2 is 1.97 bits per heavy atom. The summed E-state index contributed by atoms with van der Waals surface area (Å²) in [6, 6.07) is 9.54. The largest absolute Gasteiger partial charge is 0.350 e. The molecule has 2 aromatic heterocycles. The lowest BCUT2D eigenvalue weighted by Gasteiger charge is -2.25. The van der Waals surface area contributed by atoms with E-state index in [1.807, 2.05) is 6.26 Å². The van der Waals surface area contributed by atoms with Crippen molar-refractivity contribution in [3.63, 3.8) is 0 Å². The molecule has 0 radical (unpaired) electrons. The maximum atomic E-state index is 12.7. The molecule has 1 aliphatic rings. The van der Waals surface area contributed by atoms with Crippen LogP contribution < -0.4 is 15.8 Å². The van der Waals surface area contributed by atoms with Crippen LogP contribution in [0.1, 0.15) is 35.3 Å². The summed E-state index contributed by atoms with van der Waals surface area (Å²) in [7, 11) is 0. The monoisotopic (exact) mass is 429 g/mol. The summed E-state index contributed by atoms with van der Waals surface area (Å²) >= 11 is 3.06. The van der Waals surface area contributed by atoms with E-state index < -0.39 is 5.56 Å². The number of carbonyl (C=O) groups excluding carboxylic acids is 1. The molecule has 1 aromatic carbocycles. The summed E-state index contributed by atoms with van der Waals surface area (Å²) in [5.41, 5.74) is 0.968. The van der Waals surface area contributed by atoms with Crippen LogP contribution in [0.25, 0.3) is 4.96 Å². The van der Waals surface area contributed by atoms with Crippen molar-refractivity contribution in [3.8, 4) is 0 Å². The molecular formula is C20H23N5O2S2. The van der Waals surface area contributed by atoms with Crippen molar-refractivity contribution in [3.05, 3.63) is 51.9 Å². The predicted octanol–water partition coefficient (Wildman–Crippen LogP) is 2.84. The number of piperidine rings is 1. The van der Waals surface area contributed by atoms with E-state index in [9.17, 15) is 9.59 Å². The molecule has 152 valence electrons. The van der Waals surface area contributed by atoms with Crippen LogP contribution in [0.4, 0.5) is 5.13 Å². The van der Waals surface area contributed by atoms with Gasteiger partial charge in [-0.2, -0.15) is 9.50 Å². The molecule has 1 fully saturated rings. The van der Waals surface area contributed by atoms with Gasteiger partial charge < -0.3 is 10.2 Å². The molecule has 0 unspecified atom stereocenters. The third-order valence-electron chi connectivity index (χ3n) is 4.96. The second-order valence-electron chi connectivity index (χ2n) is 6.96. The fourth-order valence-corrected chi connectivity index (χ4v) is 4.75. The highest BCUT2D eigenvalue weighted by Gasteiger charge is 2.19. The first-order valence-corrected chi connectivity index (χ1v) is 11.8. The molecule has 0 saturated carbocycles. The van der Waals surface area contributed by atoms with E-state index in [1.54, 1.807) is 11.8 Å². The van der Waals surface area contributed by atoms with Gasteiger partial charge in [0.1, 0.15) is 5.69 Å². The molecule has 3 heterocycles. The lowest BCUT2D eigenvalue weighted by atomic mass is 10.1. The number of nitrogens with one attached hydrogen (secondary N) is 1. The Morgan fingerprint density at radius 3 is 2.69 bits per heavy atom. The van der Waals surface area contributed by atoms with E-state index >= 15 is 0 Å². The Labute approximate surface area is 177 Å². The molecule has 0 aliphatic carbocycles. The van der Waals surface area contributed by atoms with Gasteiger partial charge in [0, 0.05) is 30.6 Å². The normalized spacial score (nSPS) is 14.3. The summed E-state index contributed by atoms with van der Waals surface area (Å²) in [6.07, 6.45) is 6.25. The molecule has 4 rings (SSSR count). The van der Waals surface area contributed by atoms with Crippen molar-refractivity contribution in [1.29, 1.82) is 0 Å². The summed E-state index contributed by atoms with van der Waals surface area (Å²) in [6.45, 7) is 2.38. The molecule has 0 bridgehead atoms. The first-order valence-electron chi connectivity index (χ1n) is 9.71. The van der Waals surface area contributed by atoms with Crippen molar-refractivity contribution in [2.45, 2.75) is 30.6 Å². The van der Waals surface area contributed by atoms with Gasteiger partial charge in [-0.15, -0.1) is 16.9 Å². The van der Waals surface area contributed by atoms with Crippen LogP contribution in [0.5, 0.6) is 0 Å². The van der Waals surface area contributed by atoms with Crippen LogP contribution in [-0.2, 0) is 6.42 Å². The Morgan fingerprint density at radius 1 is 1.21 bits per heavy atom. The fraction of sp³-hybridized carbons (Fsp3) is 0.400. The molecule has 1 N–H and O–H groups in total. The molecule has 0 atom stereocenters.